The van der Waals surface area contributed by atoms with Gasteiger partial charge in [0.2, 0.25) is 0 Å². The second kappa shape index (κ2) is 8.55. The molecule has 0 aliphatic carbocycles. The van der Waals surface area contributed by atoms with Crippen LogP contribution in [0.3, 0.4) is 0 Å². The van der Waals surface area contributed by atoms with E-state index in [0.717, 1.165) is 43.6 Å². The van der Waals surface area contributed by atoms with Crippen LogP contribution in [-0.4, -0.2) is 61.5 Å². The summed E-state index contributed by atoms with van der Waals surface area (Å²) in [6.07, 6.45) is 0.926. The smallest absolute Gasteiger partial charge is 0.339 e. The maximum absolute atomic E-state index is 12.3. The number of benzene rings is 2. The highest BCUT2D eigenvalue weighted by Crippen LogP contribution is 2.20. The van der Waals surface area contributed by atoms with Crippen LogP contribution in [0.4, 0.5) is 0 Å². The molecule has 2 aromatic carbocycles. The lowest BCUT2D eigenvalue weighted by molar-refractivity contribution is -0.109. The molecule has 0 aromatic heterocycles. The third-order valence-corrected chi connectivity index (χ3v) is 4.38. The van der Waals surface area contributed by atoms with Crippen molar-refractivity contribution in [2.75, 3.05) is 39.5 Å². The summed E-state index contributed by atoms with van der Waals surface area (Å²) in [7, 11) is 0. The van der Waals surface area contributed by atoms with E-state index in [4.69, 9.17) is 4.74 Å². The van der Waals surface area contributed by atoms with Gasteiger partial charge < -0.3 is 9.53 Å². The van der Waals surface area contributed by atoms with E-state index < -0.39 is 0 Å². The first-order valence-corrected chi connectivity index (χ1v) is 8.47. The van der Waals surface area contributed by atoms with E-state index in [0.29, 0.717) is 12.1 Å². The van der Waals surface area contributed by atoms with Gasteiger partial charge in [0.15, 0.2) is 0 Å². The molecule has 0 radical (unpaired) electrons. The standard InChI is InChI=1S/C20H22N2O3/c23-14-13-21-9-11-22(12-10-21)16-25-20(24)19-8-4-7-18(15-19)17-5-2-1-3-6-17/h1-8,14-15H,9-13,16H2. The van der Waals surface area contributed by atoms with Crippen molar-refractivity contribution in [3.05, 3.63) is 60.2 Å². The molecule has 0 saturated carbocycles. The Morgan fingerprint density at radius 2 is 1.60 bits per heavy atom. The third-order valence-electron chi connectivity index (χ3n) is 4.38. The van der Waals surface area contributed by atoms with Crippen LogP contribution in [0.2, 0.25) is 0 Å². The van der Waals surface area contributed by atoms with Gasteiger partial charge >= 0.3 is 5.97 Å². The number of piperazine rings is 1. The van der Waals surface area contributed by atoms with Gasteiger partial charge in [-0.3, -0.25) is 9.80 Å². The fourth-order valence-electron chi connectivity index (χ4n) is 2.90. The molecule has 1 aliphatic heterocycles. The topological polar surface area (TPSA) is 49.9 Å². The number of rotatable bonds is 6. The van der Waals surface area contributed by atoms with Crippen LogP contribution in [-0.2, 0) is 9.53 Å². The SMILES string of the molecule is O=CCN1CCN(COC(=O)c2cccc(-c3ccccc3)c2)CC1. The van der Waals surface area contributed by atoms with Gasteiger partial charge in [-0.15, -0.1) is 0 Å². The number of nitrogens with zero attached hydrogens (tertiary/aromatic N) is 2. The van der Waals surface area contributed by atoms with E-state index in [1.54, 1.807) is 6.07 Å². The van der Waals surface area contributed by atoms with Crippen molar-refractivity contribution in [1.29, 1.82) is 0 Å². The van der Waals surface area contributed by atoms with Gasteiger partial charge in [0.25, 0.3) is 0 Å². The Morgan fingerprint density at radius 3 is 2.32 bits per heavy atom. The highest BCUT2D eigenvalue weighted by atomic mass is 16.5. The second-order valence-electron chi connectivity index (χ2n) is 6.09. The summed E-state index contributed by atoms with van der Waals surface area (Å²) in [5, 5.41) is 0. The van der Waals surface area contributed by atoms with Gasteiger partial charge in [-0.1, -0.05) is 42.5 Å². The zero-order valence-electron chi connectivity index (χ0n) is 14.1. The molecule has 5 heteroatoms. The Kier molecular flexibility index (Phi) is 5.93. The molecular formula is C20H22N2O3. The Morgan fingerprint density at radius 1 is 0.920 bits per heavy atom. The molecule has 0 bridgehead atoms. The lowest BCUT2D eigenvalue weighted by Gasteiger charge is -2.32. The molecule has 0 atom stereocenters. The van der Waals surface area contributed by atoms with E-state index in [9.17, 15) is 9.59 Å². The van der Waals surface area contributed by atoms with E-state index in [-0.39, 0.29) is 12.7 Å². The van der Waals surface area contributed by atoms with Crippen molar-refractivity contribution in [1.82, 2.24) is 9.80 Å². The van der Waals surface area contributed by atoms with Crippen LogP contribution in [0.5, 0.6) is 0 Å². The molecule has 0 spiro atoms. The Balaban J connectivity index is 1.55. The molecule has 0 N–H and O–H groups in total. The van der Waals surface area contributed by atoms with Gasteiger partial charge in [-0.05, 0) is 23.3 Å². The molecular weight excluding hydrogens is 316 g/mol. The number of ether oxygens (including phenoxy) is 1. The average molecular weight is 338 g/mol. The molecule has 0 amide bonds. The van der Waals surface area contributed by atoms with Crippen molar-refractivity contribution < 1.29 is 14.3 Å². The molecule has 1 saturated heterocycles. The Labute approximate surface area is 147 Å². The predicted octanol–water partition coefficient (Wildman–Crippen LogP) is 2.28. The molecule has 1 aliphatic rings. The number of carbonyl (C=O) groups is 2. The van der Waals surface area contributed by atoms with Crippen molar-refractivity contribution in [2.24, 2.45) is 0 Å². The third kappa shape index (κ3) is 4.75. The zero-order chi connectivity index (χ0) is 17.5. The van der Waals surface area contributed by atoms with Gasteiger partial charge in [-0.2, -0.15) is 0 Å². The summed E-state index contributed by atoms with van der Waals surface area (Å²) in [5.41, 5.74) is 2.63. The van der Waals surface area contributed by atoms with Gasteiger partial charge in [0.1, 0.15) is 13.0 Å². The van der Waals surface area contributed by atoms with Crippen LogP contribution in [0.25, 0.3) is 11.1 Å². The lowest BCUT2D eigenvalue weighted by atomic mass is 10.0. The number of carbonyl (C=O) groups excluding carboxylic acids is 2. The van der Waals surface area contributed by atoms with Crippen molar-refractivity contribution in [3.8, 4) is 11.1 Å². The average Bonchev–Trinajstić information content (AvgIpc) is 2.68. The van der Waals surface area contributed by atoms with Crippen LogP contribution in [0.15, 0.2) is 54.6 Å². The summed E-state index contributed by atoms with van der Waals surface area (Å²) in [4.78, 5) is 27.0. The maximum Gasteiger partial charge on any atom is 0.339 e. The lowest BCUT2D eigenvalue weighted by Crippen LogP contribution is -2.47. The summed E-state index contributed by atoms with van der Waals surface area (Å²) in [6, 6.07) is 17.4. The Bertz CT molecular complexity index is 710. The quantitative estimate of drug-likeness (QED) is 0.597. The summed E-state index contributed by atoms with van der Waals surface area (Å²) in [6.45, 7) is 3.99. The molecule has 25 heavy (non-hydrogen) atoms. The molecule has 1 heterocycles. The number of hydrogen-bond acceptors (Lipinski definition) is 5. The Hall–Kier alpha value is -2.50. The molecule has 130 valence electrons. The second-order valence-corrected chi connectivity index (χ2v) is 6.09. The molecule has 1 fully saturated rings. The fourth-order valence-corrected chi connectivity index (χ4v) is 2.90. The first kappa shape index (κ1) is 17.3. The molecule has 0 unspecified atom stereocenters. The summed E-state index contributed by atoms with van der Waals surface area (Å²) >= 11 is 0. The summed E-state index contributed by atoms with van der Waals surface area (Å²) < 4.78 is 5.45. The number of aldehydes is 1. The minimum absolute atomic E-state index is 0.281. The highest BCUT2D eigenvalue weighted by molar-refractivity contribution is 5.91. The van der Waals surface area contributed by atoms with Gasteiger partial charge in [0.05, 0.1) is 12.1 Å². The van der Waals surface area contributed by atoms with Crippen LogP contribution in [0, 0.1) is 0 Å². The van der Waals surface area contributed by atoms with Crippen molar-refractivity contribution >= 4 is 12.3 Å². The van der Waals surface area contributed by atoms with Crippen LogP contribution in [0.1, 0.15) is 10.4 Å². The van der Waals surface area contributed by atoms with Crippen molar-refractivity contribution in [2.45, 2.75) is 0 Å². The largest absolute Gasteiger partial charge is 0.446 e. The van der Waals surface area contributed by atoms with Crippen LogP contribution >= 0.6 is 0 Å². The van der Waals surface area contributed by atoms with Gasteiger partial charge in [-0.25, -0.2) is 4.79 Å². The number of esters is 1. The summed E-state index contributed by atoms with van der Waals surface area (Å²) in [5.74, 6) is -0.312. The predicted molar refractivity (Wildman–Crippen MR) is 96.2 cm³/mol. The van der Waals surface area contributed by atoms with Gasteiger partial charge in [0, 0.05) is 26.2 Å². The molecule has 5 nitrogen and oxygen atoms in total. The normalized spacial score (nSPS) is 15.7. The first-order valence-electron chi connectivity index (χ1n) is 8.47. The minimum Gasteiger partial charge on any atom is -0.446 e. The molecule has 2 aromatic rings. The molecule has 3 rings (SSSR count). The van der Waals surface area contributed by atoms with E-state index in [1.165, 1.54) is 0 Å². The first-order chi connectivity index (χ1) is 12.3. The van der Waals surface area contributed by atoms with E-state index >= 15 is 0 Å². The zero-order valence-corrected chi connectivity index (χ0v) is 14.1. The maximum atomic E-state index is 12.3. The van der Waals surface area contributed by atoms with E-state index in [2.05, 4.69) is 9.80 Å². The van der Waals surface area contributed by atoms with E-state index in [1.807, 2.05) is 48.5 Å². The highest BCUT2D eigenvalue weighted by Gasteiger charge is 2.18. The van der Waals surface area contributed by atoms with Crippen LogP contribution < -0.4 is 0 Å². The monoisotopic (exact) mass is 338 g/mol. The fraction of sp³-hybridized carbons (Fsp3) is 0.300. The van der Waals surface area contributed by atoms with Crippen molar-refractivity contribution in [3.63, 3.8) is 0 Å². The minimum atomic E-state index is -0.312. The number of hydrogen-bond donors (Lipinski definition) is 0.